The van der Waals surface area contributed by atoms with Crippen LogP contribution < -0.4 is 4.90 Å². The summed E-state index contributed by atoms with van der Waals surface area (Å²) in [4.78, 5) is 14.6. The minimum Gasteiger partial charge on any atom is -0.467 e. The van der Waals surface area contributed by atoms with E-state index < -0.39 is 15.7 Å². The van der Waals surface area contributed by atoms with Crippen LogP contribution in [0.2, 0.25) is 10.0 Å². The van der Waals surface area contributed by atoms with E-state index in [1.807, 2.05) is 0 Å². The summed E-state index contributed by atoms with van der Waals surface area (Å²) in [5.74, 6) is -0.149. The van der Waals surface area contributed by atoms with Gasteiger partial charge < -0.3 is 8.83 Å². The summed E-state index contributed by atoms with van der Waals surface area (Å²) >= 11 is 11.9. The number of sulfone groups is 1. The third-order valence-electron chi connectivity index (χ3n) is 4.44. The van der Waals surface area contributed by atoms with E-state index >= 15 is 0 Å². The average molecular weight is 476 g/mol. The van der Waals surface area contributed by atoms with Crippen LogP contribution in [0, 0.1) is 0 Å². The topological polar surface area (TPSA) is 80.7 Å². The van der Waals surface area contributed by atoms with Gasteiger partial charge in [-0.3, -0.25) is 9.69 Å². The van der Waals surface area contributed by atoms with Gasteiger partial charge in [0, 0.05) is 15.7 Å². The van der Waals surface area contributed by atoms with Crippen LogP contribution in [0.3, 0.4) is 0 Å². The molecule has 4 rings (SSSR count). The lowest BCUT2D eigenvalue weighted by molar-refractivity contribution is 0.0951. The van der Waals surface area contributed by atoms with Crippen LogP contribution in [-0.2, 0) is 16.4 Å². The highest BCUT2D eigenvalue weighted by Gasteiger charge is 2.27. The molecule has 0 saturated heterocycles. The molecule has 0 N–H and O–H groups in total. The third-order valence-corrected chi connectivity index (χ3v) is 6.57. The number of carbonyl (C=O) groups is 1. The number of hydrogen-bond donors (Lipinski definition) is 0. The Bertz CT molecular complexity index is 1310. The molecule has 1 amide bonds. The maximum absolute atomic E-state index is 13.2. The molecule has 6 nitrogen and oxygen atoms in total. The number of benzene rings is 2. The number of furan rings is 2. The summed E-state index contributed by atoms with van der Waals surface area (Å²) in [6, 6.07) is 18.4. The standard InChI is InChI=1S/C22H15Cl2NO5S/c23-15-6-8-19(9-7-15)31(27,28)21-11-10-20(30-21)22(26)25(14-18-5-2-12-29-18)17-4-1-3-16(24)13-17/h1-13H,14H2. The van der Waals surface area contributed by atoms with Crippen molar-refractivity contribution < 1.29 is 22.0 Å². The number of anilines is 1. The van der Waals surface area contributed by atoms with Crippen molar-refractivity contribution in [3.8, 4) is 0 Å². The summed E-state index contributed by atoms with van der Waals surface area (Å²) in [5.41, 5.74) is 0.507. The van der Waals surface area contributed by atoms with Crippen molar-refractivity contribution in [3.63, 3.8) is 0 Å². The Balaban J connectivity index is 1.68. The van der Waals surface area contributed by atoms with Crippen molar-refractivity contribution in [1.82, 2.24) is 0 Å². The van der Waals surface area contributed by atoms with Crippen LogP contribution >= 0.6 is 23.2 Å². The molecule has 0 atom stereocenters. The maximum atomic E-state index is 13.2. The van der Waals surface area contributed by atoms with Crippen LogP contribution in [0.1, 0.15) is 16.3 Å². The highest BCUT2D eigenvalue weighted by Crippen LogP contribution is 2.27. The van der Waals surface area contributed by atoms with Gasteiger partial charge in [0.25, 0.3) is 5.91 Å². The second-order valence-corrected chi connectivity index (χ2v) is 9.28. The van der Waals surface area contributed by atoms with Gasteiger partial charge in [0.1, 0.15) is 5.76 Å². The molecule has 0 saturated carbocycles. The fourth-order valence-electron chi connectivity index (χ4n) is 2.93. The van der Waals surface area contributed by atoms with E-state index in [0.717, 1.165) is 0 Å². The predicted molar refractivity (Wildman–Crippen MR) is 116 cm³/mol. The van der Waals surface area contributed by atoms with E-state index in [-0.39, 0.29) is 22.3 Å². The zero-order valence-electron chi connectivity index (χ0n) is 15.9. The molecule has 2 aromatic heterocycles. The van der Waals surface area contributed by atoms with Gasteiger partial charge in [-0.15, -0.1) is 0 Å². The molecular formula is C22H15Cl2NO5S. The SMILES string of the molecule is O=C(c1ccc(S(=O)(=O)c2ccc(Cl)cc2)o1)N(Cc1ccco1)c1cccc(Cl)c1. The summed E-state index contributed by atoms with van der Waals surface area (Å²) in [6.07, 6.45) is 1.50. The molecule has 0 aliphatic carbocycles. The predicted octanol–water partition coefficient (Wildman–Crippen LogP) is 5.86. The first-order valence-electron chi connectivity index (χ1n) is 9.05. The normalized spacial score (nSPS) is 11.4. The Morgan fingerprint density at radius 2 is 1.68 bits per heavy atom. The summed E-state index contributed by atoms with van der Waals surface area (Å²) in [5, 5.41) is 0.506. The van der Waals surface area contributed by atoms with Gasteiger partial charge in [0.05, 0.1) is 17.7 Å². The molecule has 4 aromatic rings. The van der Waals surface area contributed by atoms with Crippen LogP contribution in [0.4, 0.5) is 5.69 Å². The second-order valence-electron chi connectivity index (χ2n) is 6.53. The molecule has 2 heterocycles. The molecule has 0 unspecified atom stereocenters. The Labute approximate surface area is 188 Å². The molecule has 0 bridgehead atoms. The van der Waals surface area contributed by atoms with Crippen molar-refractivity contribution >= 4 is 44.6 Å². The van der Waals surface area contributed by atoms with E-state index in [0.29, 0.717) is 21.5 Å². The molecule has 0 aliphatic rings. The summed E-state index contributed by atoms with van der Waals surface area (Å²) < 4.78 is 36.5. The minimum absolute atomic E-state index is 0.00697. The number of carbonyl (C=O) groups excluding carboxylic acids is 1. The zero-order valence-corrected chi connectivity index (χ0v) is 18.2. The van der Waals surface area contributed by atoms with Crippen LogP contribution in [-0.4, -0.2) is 14.3 Å². The average Bonchev–Trinajstić information content (AvgIpc) is 3.44. The summed E-state index contributed by atoms with van der Waals surface area (Å²) in [7, 11) is -3.95. The van der Waals surface area contributed by atoms with Crippen molar-refractivity contribution in [2.24, 2.45) is 0 Å². The molecule has 0 fully saturated rings. The Morgan fingerprint density at radius 3 is 2.35 bits per heavy atom. The molecule has 9 heteroatoms. The van der Waals surface area contributed by atoms with Gasteiger partial charge in [0.15, 0.2) is 5.76 Å². The highest BCUT2D eigenvalue weighted by atomic mass is 35.5. The van der Waals surface area contributed by atoms with E-state index in [4.69, 9.17) is 32.0 Å². The van der Waals surface area contributed by atoms with Crippen molar-refractivity contribution in [2.75, 3.05) is 4.90 Å². The Morgan fingerprint density at radius 1 is 0.903 bits per heavy atom. The number of amides is 1. The zero-order chi connectivity index (χ0) is 22.0. The molecule has 31 heavy (non-hydrogen) atoms. The molecule has 158 valence electrons. The van der Waals surface area contributed by atoms with Crippen molar-refractivity contribution in [2.45, 2.75) is 16.5 Å². The Hall–Kier alpha value is -3.00. The van der Waals surface area contributed by atoms with Gasteiger partial charge in [-0.1, -0.05) is 29.3 Å². The molecule has 0 aliphatic heterocycles. The van der Waals surface area contributed by atoms with Crippen molar-refractivity contribution in [3.05, 3.63) is 101 Å². The fraction of sp³-hybridized carbons (Fsp3) is 0.0455. The number of nitrogens with zero attached hydrogens (tertiary/aromatic N) is 1. The molecule has 0 radical (unpaired) electrons. The van der Waals surface area contributed by atoms with E-state index in [2.05, 4.69) is 0 Å². The second kappa shape index (κ2) is 8.63. The Kier molecular flexibility index (Phi) is 5.91. The highest BCUT2D eigenvalue weighted by molar-refractivity contribution is 7.91. The summed E-state index contributed by atoms with van der Waals surface area (Å²) in [6.45, 7) is 0.103. The first-order valence-corrected chi connectivity index (χ1v) is 11.3. The van der Waals surface area contributed by atoms with E-state index in [1.54, 1.807) is 36.4 Å². The van der Waals surface area contributed by atoms with Crippen LogP contribution in [0.15, 0.2) is 97.9 Å². The first kappa shape index (κ1) is 21.2. The van der Waals surface area contributed by atoms with Gasteiger partial charge in [0.2, 0.25) is 14.9 Å². The molecule has 2 aromatic carbocycles. The number of hydrogen-bond acceptors (Lipinski definition) is 5. The smallest absolute Gasteiger partial charge is 0.294 e. The third kappa shape index (κ3) is 4.54. The van der Waals surface area contributed by atoms with E-state index in [9.17, 15) is 13.2 Å². The molecular weight excluding hydrogens is 461 g/mol. The minimum atomic E-state index is -3.95. The first-order chi connectivity index (χ1) is 14.8. The van der Waals surface area contributed by atoms with Gasteiger partial charge >= 0.3 is 0 Å². The van der Waals surface area contributed by atoms with Crippen molar-refractivity contribution in [1.29, 1.82) is 0 Å². The van der Waals surface area contributed by atoms with Crippen LogP contribution in [0.5, 0.6) is 0 Å². The lowest BCUT2D eigenvalue weighted by Crippen LogP contribution is -2.30. The maximum Gasteiger partial charge on any atom is 0.294 e. The largest absolute Gasteiger partial charge is 0.467 e. The van der Waals surface area contributed by atoms with Gasteiger partial charge in [-0.25, -0.2) is 8.42 Å². The lowest BCUT2D eigenvalue weighted by atomic mass is 10.2. The number of rotatable bonds is 6. The van der Waals surface area contributed by atoms with E-state index in [1.165, 1.54) is 47.6 Å². The van der Waals surface area contributed by atoms with Crippen LogP contribution in [0.25, 0.3) is 0 Å². The van der Waals surface area contributed by atoms with Gasteiger partial charge in [-0.05, 0) is 66.7 Å². The van der Waals surface area contributed by atoms with Gasteiger partial charge in [-0.2, -0.15) is 0 Å². The monoisotopic (exact) mass is 475 g/mol. The lowest BCUT2D eigenvalue weighted by Gasteiger charge is -2.21. The quantitative estimate of drug-likeness (QED) is 0.348. The fourth-order valence-corrected chi connectivity index (χ4v) is 4.41. The number of halogens is 2. The molecule has 0 spiro atoms.